The Morgan fingerprint density at radius 2 is 2.07 bits per heavy atom. The van der Waals surface area contributed by atoms with Gasteiger partial charge in [-0.15, -0.1) is 0 Å². The van der Waals surface area contributed by atoms with Crippen LogP contribution in [-0.2, 0) is 34.6 Å². The average molecular weight is 419 g/mol. The van der Waals surface area contributed by atoms with Crippen molar-refractivity contribution in [2.75, 3.05) is 19.8 Å². The highest BCUT2D eigenvalue weighted by Crippen LogP contribution is 2.39. The molecule has 3 rings (SSSR count). The first-order valence-electron chi connectivity index (χ1n) is 8.57. The molecule has 148 valence electrons. The summed E-state index contributed by atoms with van der Waals surface area (Å²) in [5, 5.41) is -1.15. The first-order chi connectivity index (χ1) is 12.8. The normalized spacial score (nSPS) is 21.9. The highest BCUT2D eigenvalue weighted by atomic mass is 35.5. The summed E-state index contributed by atoms with van der Waals surface area (Å²) < 4.78 is 55.8. The minimum Gasteiger partial charge on any atom is -0.463 e. The van der Waals surface area contributed by atoms with E-state index < -0.39 is 38.4 Å². The molecule has 1 aliphatic carbocycles. The number of sulfone groups is 1. The topological polar surface area (TPSA) is 78.9 Å². The lowest BCUT2D eigenvalue weighted by Gasteiger charge is -2.35. The molecule has 1 unspecified atom stereocenters. The van der Waals surface area contributed by atoms with Crippen LogP contribution in [0.5, 0.6) is 0 Å². The van der Waals surface area contributed by atoms with Gasteiger partial charge in [-0.3, -0.25) is 0 Å². The summed E-state index contributed by atoms with van der Waals surface area (Å²) in [6.07, 6.45) is 1.77. The van der Waals surface area contributed by atoms with E-state index in [1.165, 1.54) is 12.1 Å². The Kier molecular flexibility index (Phi) is 5.90. The molecular formula is C18H20ClFO6S. The Morgan fingerprint density at radius 3 is 2.70 bits per heavy atom. The van der Waals surface area contributed by atoms with Gasteiger partial charge in [0.05, 0.1) is 36.4 Å². The molecular weight excluding hydrogens is 399 g/mol. The van der Waals surface area contributed by atoms with Crippen molar-refractivity contribution in [1.82, 2.24) is 0 Å². The summed E-state index contributed by atoms with van der Waals surface area (Å²) in [7, 11) is -3.88. The molecule has 1 aromatic carbocycles. The highest BCUT2D eigenvalue weighted by Gasteiger charge is 2.48. The molecule has 6 nitrogen and oxygen atoms in total. The molecule has 1 saturated heterocycles. The van der Waals surface area contributed by atoms with Crippen LogP contribution < -0.4 is 0 Å². The van der Waals surface area contributed by atoms with E-state index in [1.807, 2.05) is 0 Å². The van der Waals surface area contributed by atoms with E-state index in [1.54, 1.807) is 6.92 Å². The van der Waals surface area contributed by atoms with Crippen LogP contribution in [0.4, 0.5) is 4.39 Å². The van der Waals surface area contributed by atoms with Gasteiger partial charge in [-0.25, -0.2) is 17.6 Å². The van der Waals surface area contributed by atoms with E-state index in [9.17, 15) is 17.6 Å². The molecule has 1 heterocycles. The Balaban J connectivity index is 1.94. The fourth-order valence-electron chi connectivity index (χ4n) is 3.31. The largest absolute Gasteiger partial charge is 0.463 e. The molecule has 0 radical (unpaired) electrons. The van der Waals surface area contributed by atoms with E-state index >= 15 is 0 Å². The molecule has 0 N–H and O–H groups in total. The summed E-state index contributed by atoms with van der Waals surface area (Å²) in [6, 6.07) is 3.52. The van der Waals surface area contributed by atoms with E-state index in [-0.39, 0.29) is 35.6 Å². The van der Waals surface area contributed by atoms with Crippen LogP contribution in [0.1, 0.15) is 25.3 Å². The number of esters is 1. The van der Waals surface area contributed by atoms with Gasteiger partial charge in [-0.05, 0) is 24.6 Å². The highest BCUT2D eigenvalue weighted by molar-refractivity contribution is 7.91. The second-order valence-electron chi connectivity index (χ2n) is 6.43. The van der Waals surface area contributed by atoms with Gasteiger partial charge in [0.15, 0.2) is 15.6 Å². The zero-order valence-corrected chi connectivity index (χ0v) is 16.3. The van der Waals surface area contributed by atoms with Crippen molar-refractivity contribution in [3.05, 3.63) is 46.3 Å². The average Bonchev–Trinajstić information content (AvgIpc) is 3.05. The minimum atomic E-state index is -3.88. The van der Waals surface area contributed by atoms with Crippen LogP contribution in [-0.4, -0.2) is 45.2 Å². The van der Waals surface area contributed by atoms with Gasteiger partial charge in [0, 0.05) is 17.9 Å². The summed E-state index contributed by atoms with van der Waals surface area (Å²) in [6.45, 7) is 2.50. The fraction of sp³-hybridized carbons (Fsp3) is 0.500. The Labute approximate surface area is 162 Å². The van der Waals surface area contributed by atoms with Crippen LogP contribution in [0.2, 0.25) is 5.02 Å². The maximum Gasteiger partial charge on any atom is 0.335 e. The number of benzene rings is 1. The maximum atomic E-state index is 13.3. The standard InChI is InChI=1S/C18H20ClFO6S/c1-2-24-17(21)14-5-6-18(25-7-8-26-18)10-16(14)27(22,23)11-12-3-4-13(20)9-15(12)19/h3-5,9,16H,2,6-8,10-11H2,1H3. The lowest BCUT2D eigenvalue weighted by Crippen LogP contribution is -2.43. The van der Waals surface area contributed by atoms with Crippen LogP contribution in [0.15, 0.2) is 29.8 Å². The van der Waals surface area contributed by atoms with Crippen molar-refractivity contribution >= 4 is 27.4 Å². The molecule has 1 fully saturated rings. The van der Waals surface area contributed by atoms with Crippen LogP contribution in [0.25, 0.3) is 0 Å². The van der Waals surface area contributed by atoms with Crippen molar-refractivity contribution in [2.24, 2.45) is 0 Å². The van der Waals surface area contributed by atoms with Crippen molar-refractivity contribution < 1.29 is 31.8 Å². The van der Waals surface area contributed by atoms with Gasteiger partial charge in [-0.1, -0.05) is 23.7 Å². The minimum absolute atomic E-state index is 0.0131. The number of ether oxygens (including phenoxy) is 3. The number of hydrogen-bond acceptors (Lipinski definition) is 6. The molecule has 0 aromatic heterocycles. The van der Waals surface area contributed by atoms with Gasteiger partial charge < -0.3 is 14.2 Å². The smallest absolute Gasteiger partial charge is 0.335 e. The summed E-state index contributed by atoms with van der Waals surface area (Å²) >= 11 is 5.98. The zero-order valence-electron chi connectivity index (χ0n) is 14.7. The molecule has 9 heteroatoms. The first-order valence-corrected chi connectivity index (χ1v) is 10.7. The van der Waals surface area contributed by atoms with Crippen LogP contribution >= 0.6 is 11.6 Å². The number of hydrogen-bond donors (Lipinski definition) is 0. The zero-order chi connectivity index (χ0) is 19.7. The van der Waals surface area contributed by atoms with E-state index in [0.717, 1.165) is 12.1 Å². The second-order valence-corrected chi connectivity index (χ2v) is 9.02. The molecule has 1 atom stereocenters. The predicted molar refractivity (Wildman–Crippen MR) is 96.4 cm³/mol. The molecule has 2 aliphatic rings. The third-order valence-electron chi connectivity index (χ3n) is 4.61. The van der Waals surface area contributed by atoms with Gasteiger partial charge in [-0.2, -0.15) is 0 Å². The molecule has 0 bridgehead atoms. The van der Waals surface area contributed by atoms with Gasteiger partial charge >= 0.3 is 5.97 Å². The molecule has 1 aromatic rings. The number of rotatable bonds is 5. The summed E-state index contributed by atoms with van der Waals surface area (Å²) in [4.78, 5) is 12.3. The molecule has 0 saturated carbocycles. The van der Waals surface area contributed by atoms with Crippen molar-refractivity contribution in [1.29, 1.82) is 0 Å². The van der Waals surface area contributed by atoms with Crippen LogP contribution in [0, 0.1) is 5.82 Å². The molecule has 27 heavy (non-hydrogen) atoms. The predicted octanol–water partition coefficient (Wildman–Crippen LogP) is 2.79. The SMILES string of the molecule is CCOC(=O)C1=CCC2(CC1S(=O)(=O)Cc1ccc(F)cc1Cl)OCCO2. The third-order valence-corrected chi connectivity index (χ3v) is 6.96. The number of carbonyl (C=O) groups is 1. The lowest BCUT2D eigenvalue weighted by molar-refractivity contribution is -0.162. The van der Waals surface area contributed by atoms with Gasteiger partial charge in [0.2, 0.25) is 0 Å². The summed E-state index contributed by atoms with van der Waals surface area (Å²) in [5.41, 5.74) is 0.328. The van der Waals surface area contributed by atoms with Crippen molar-refractivity contribution in [3.8, 4) is 0 Å². The maximum absolute atomic E-state index is 13.3. The fourth-order valence-corrected chi connectivity index (χ4v) is 5.60. The summed E-state index contributed by atoms with van der Waals surface area (Å²) in [5.74, 6) is -2.73. The molecule has 1 aliphatic heterocycles. The Hall–Kier alpha value is -1.48. The molecule has 1 spiro atoms. The lowest BCUT2D eigenvalue weighted by atomic mass is 9.93. The first kappa shape index (κ1) is 20.3. The molecule has 0 amide bonds. The number of carbonyl (C=O) groups excluding carboxylic acids is 1. The quantitative estimate of drug-likeness (QED) is 0.684. The number of halogens is 2. The van der Waals surface area contributed by atoms with E-state index in [2.05, 4.69) is 0 Å². The van der Waals surface area contributed by atoms with E-state index in [4.69, 9.17) is 25.8 Å². The van der Waals surface area contributed by atoms with E-state index in [0.29, 0.717) is 13.2 Å². The Bertz CT molecular complexity index is 861. The van der Waals surface area contributed by atoms with Crippen molar-refractivity contribution in [2.45, 2.75) is 36.6 Å². The van der Waals surface area contributed by atoms with Gasteiger partial charge in [0.25, 0.3) is 0 Å². The third kappa shape index (κ3) is 4.34. The Morgan fingerprint density at radius 1 is 1.37 bits per heavy atom. The monoisotopic (exact) mass is 418 g/mol. The second kappa shape index (κ2) is 7.87. The van der Waals surface area contributed by atoms with Crippen molar-refractivity contribution in [3.63, 3.8) is 0 Å². The van der Waals surface area contributed by atoms with Crippen LogP contribution in [0.3, 0.4) is 0 Å². The van der Waals surface area contributed by atoms with Gasteiger partial charge in [0.1, 0.15) is 5.82 Å².